The van der Waals surface area contributed by atoms with Gasteiger partial charge in [0.15, 0.2) is 0 Å². The molecule has 1 aromatic carbocycles. The lowest BCUT2D eigenvalue weighted by molar-refractivity contribution is 0.305. The highest BCUT2D eigenvalue weighted by molar-refractivity contribution is 7.88. The number of sulfonamides is 1. The second-order valence-corrected chi connectivity index (χ2v) is 5.36. The van der Waals surface area contributed by atoms with Crippen molar-refractivity contribution in [3.05, 3.63) is 24.3 Å². The second kappa shape index (κ2) is 6.61. The van der Waals surface area contributed by atoms with Gasteiger partial charge in [0.2, 0.25) is 0 Å². The van der Waals surface area contributed by atoms with Gasteiger partial charge in [-0.3, -0.25) is 0 Å². The second-order valence-electron chi connectivity index (χ2n) is 3.88. The van der Waals surface area contributed by atoms with Crippen LogP contribution in [0, 0.1) is 0 Å². The maximum Gasteiger partial charge on any atom is 0.254 e. The zero-order valence-electron chi connectivity index (χ0n) is 9.98. The van der Waals surface area contributed by atoms with Crippen LogP contribution in [0.15, 0.2) is 29.2 Å². The summed E-state index contributed by atoms with van der Waals surface area (Å²) in [6.45, 7) is 2.80. The number of hydrogen-bond acceptors (Lipinski definition) is 3. The Kier molecular flexibility index (Phi) is 5.44. The topological polar surface area (TPSA) is 67.2 Å². The molecular formula is C12H18NO3S. The number of unbranched alkanes of at least 4 members (excludes halogenated alkanes) is 3. The predicted octanol–water partition coefficient (Wildman–Crippen LogP) is 2.62. The summed E-state index contributed by atoms with van der Waals surface area (Å²) in [6.07, 6.45) is 4.55. The zero-order valence-corrected chi connectivity index (χ0v) is 10.8. The minimum Gasteiger partial charge on any atom is -0.494 e. The Bertz CT molecular complexity index is 426. The molecule has 0 aliphatic heterocycles. The first kappa shape index (κ1) is 14.0. The lowest BCUT2D eigenvalue weighted by Gasteiger charge is -2.06. The van der Waals surface area contributed by atoms with Crippen molar-refractivity contribution in [2.24, 2.45) is 0 Å². The van der Waals surface area contributed by atoms with E-state index in [-0.39, 0.29) is 4.90 Å². The van der Waals surface area contributed by atoms with Gasteiger partial charge in [-0.15, -0.1) is 5.14 Å². The Hall–Kier alpha value is -1.07. The highest BCUT2D eigenvalue weighted by Crippen LogP contribution is 2.15. The first-order valence-electron chi connectivity index (χ1n) is 5.76. The standard InChI is InChI=1S/C12H18NO3S/c1-2-3-4-5-10-16-11-6-8-12(9-7-11)17(13,14)15/h6-9,13H,2-5,10H2,1H3. The summed E-state index contributed by atoms with van der Waals surface area (Å²) in [5.41, 5.74) is 0. The van der Waals surface area contributed by atoms with Gasteiger partial charge in [0.05, 0.1) is 11.5 Å². The number of rotatable bonds is 7. The summed E-state index contributed by atoms with van der Waals surface area (Å²) in [4.78, 5) is -0.00386. The van der Waals surface area contributed by atoms with Crippen LogP contribution in [0.3, 0.4) is 0 Å². The summed E-state index contributed by atoms with van der Waals surface area (Å²) in [7, 11) is -3.86. The van der Waals surface area contributed by atoms with Crippen molar-refractivity contribution in [2.45, 2.75) is 37.5 Å². The third-order valence-electron chi connectivity index (χ3n) is 2.40. The SMILES string of the molecule is CCCCCCOc1ccc(S([NH])(=O)=O)cc1. The Morgan fingerprint density at radius 3 is 2.29 bits per heavy atom. The summed E-state index contributed by atoms with van der Waals surface area (Å²) >= 11 is 0. The molecule has 1 radical (unpaired) electrons. The molecule has 1 rings (SSSR count). The van der Waals surface area contributed by atoms with Crippen molar-refractivity contribution in [3.63, 3.8) is 0 Å². The Morgan fingerprint density at radius 1 is 1.12 bits per heavy atom. The molecular weight excluding hydrogens is 238 g/mol. The van der Waals surface area contributed by atoms with Crippen LogP contribution in [0.4, 0.5) is 0 Å². The Morgan fingerprint density at radius 2 is 1.76 bits per heavy atom. The van der Waals surface area contributed by atoms with Crippen molar-refractivity contribution >= 4 is 10.0 Å². The molecule has 0 bridgehead atoms. The van der Waals surface area contributed by atoms with Gasteiger partial charge >= 0.3 is 0 Å². The number of nitrogens with one attached hydrogen (secondary N) is 1. The first-order chi connectivity index (χ1) is 8.04. The molecule has 0 amide bonds. The number of ether oxygens (including phenoxy) is 1. The third kappa shape index (κ3) is 5.19. The molecule has 0 aliphatic carbocycles. The van der Waals surface area contributed by atoms with E-state index in [1.165, 1.54) is 25.0 Å². The van der Waals surface area contributed by atoms with E-state index in [1.54, 1.807) is 12.1 Å². The average molecular weight is 256 g/mol. The van der Waals surface area contributed by atoms with E-state index in [0.29, 0.717) is 12.4 Å². The van der Waals surface area contributed by atoms with Crippen LogP contribution >= 0.6 is 0 Å². The van der Waals surface area contributed by atoms with Crippen molar-refractivity contribution in [2.75, 3.05) is 6.61 Å². The number of benzene rings is 1. The lowest BCUT2D eigenvalue weighted by atomic mass is 10.2. The van der Waals surface area contributed by atoms with Crippen LogP contribution in [0.25, 0.3) is 0 Å². The summed E-state index contributed by atoms with van der Waals surface area (Å²) in [5, 5.41) is 6.89. The lowest BCUT2D eigenvalue weighted by Crippen LogP contribution is -2.01. The van der Waals surface area contributed by atoms with Gasteiger partial charge in [-0.25, -0.2) is 8.42 Å². The minimum atomic E-state index is -3.86. The quantitative estimate of drug-likeness (QED) is 0.704. The van der Waals surface area contributed by atoms with E-state index < -0.39 is 10.0 Å². The molecule has 95 valence electrons. The Balaban J connectivity index is 2.41. The Labute approximate surface area is 103 Å². The van der Waals surface area contributed by atoms with Gasteiger partial charge in [-0.1, -0.05) is 26.2 Å². The first-order valence-corrected chi connectivity index (χ1v) is 7.25. The van der Waals surface area contributed by atoms with Crippen molar-refractivity contribution in [1.29, 1.82) is 0 Å². The van der Waals surface area contributed by atoms with Gasteiger partial charge in [0.1, 0.15) is 5.75 Å². The fourth-order valence-electron chi connectivity index (χ4n) is 1.43. The summed E-state index contributed by atoms with van der Waals surface area (Å²) in [6, 6.07) is 5.95. The number of hydrogen-bond donors (Lipinski definition) is 0. The van der Waals surface area contributed by atoms with Crippen LogP contribution in [0.2, 0.25) is 0 Å². The van der Waals surface area contributed by atoms with Crippen LogP contribution in [-0.2, 0) is 10.0 Å². The molecule has 0 aromatic heterocycles. The van der Waals surface area contributed by atoms with Crippen LogP contribution in [0.5, 0.6) is 5.75 Å². The van der Waals surface area contributed by atoms with Crippen LogP contribution in [0.1, 0.15) is 32.6 Å². The monoisotopic (exact) mass is 256 g/mol. The molecule has 0 unspecified atom stereocenters. The zero-order chi connectivity index (χ0) is 12.7. The van der Waals surface area contributed by atoms with Gasteiger partial charge in [-0.05, 0) is 30.7 Å². The van der Waals surface area contributed by atoms with E-state index in [2.05, 4.69) is 6.92 Å². The van der Waals surface area contributed by atoms with Crippen molar-refractivity contribution in [3.8, 4) is 5.75 Å². The van der Waals surface area contributed by atoms with E-state index in [4.69, 9.17) is 9.88 Å². The molecule has 0 atom stereocenters. The van der Waals surface area contributed by atoms with E-state index in [0.717, 1.165) is 12.8 Å². The van der Waals surface area contributed by atoms with E-state index in [1.807, 2.05) is 0 Å². The summed E-state index contributed by atoms with van der Waals surface area (Å²) in [5.74, 6) is 0.647. The summed E-state index contributed by atoms with van der Waals surface area (Å²) < 4.78 is 27.3. The van der Waals surface area contributed by atoms with Gasteiger partial charge in [0.25, 0.3) is 10.0 Å². The molecule has 0 spiro atoms. The molecule has 5 heteroatoms. The highest BCUT2D eigenvalue weighted by Gasteiger charge is 2.07. The van der Waals surface area contributed by atoms with Gasteiger partial charge in [-0.2, -0.15) is 0 Å². The van der Waals surface area contributed by atoms with Crippen molar-refractivity contribution < 1.29 is 13.2 Å². The molecule has 17 heavy (non-hydrogen) atoms. The molecule has 1 N–H and O–H groups in total. The van der Waals surface area contributed by atoms with Crippen LogP contribution < -0.4 is 9.88 Å². The molecule has 0 aliphatic rings. The van der Waals surface area contributed by atoms with Gasteiger partial charge in [0, 0.05) is 0 Å². The largest absolute Gasteiger partial charge is 0.494 e. The van der Waals surface area contributed by atoms with Crippen LogP contribution in [-0.4, -0.2) is 15.0 Å². The maximum absolute atomic E-state index is 10.9. The average Bonchev–Trinajstić information content (AvgIpc) is 2.28. The fraction of sp³-hybridized carbons (Fsp3) is 0.500. The molecule has 0 heterocycles. The molecule has 0 saturated carbocycles. The van der Waals surface area contributed by atoms with E-state index in [9.17, 15) is 8.42 Å². The molecule has 1 aromatic rings. The maximum atomic E-state index is 10.9. The molecule has 0 fully saturated rings. The normalized spacial score (nSPS) is 11.4. The minimum absolute atomic E-state index is 0.00386. The highest BCUT2D eigenvalue weighted by atomic mass is 32.2. The fourth-order valence-corrected chi connectivity index (χ4v) is 1.93. The van der Waals surface area contributed by atoms with Gasteiger partial charge < -0.3 is 4.74 Å². The predicted molar refractivity (Wildman–Crippen MR) is 66.4 cm³/mol. The smallest absolute Gasteiger partial charge is 0.254 e. The third-order valence-corrected chi connectivity index (χ3v) is 3.29. The molecule has 4 nitrogen and oxygen atoms in total. The molecule has 0 saturated heterocycles. The van der Waals surface area contributed by atoms with E-state index >= 15 is 0 Å². The van der Waals surface area contributed by atoms with Crippen molar-refractivity contribution in [1.82, 2.24) is 5.14 Å².